The number of nitrogens with one attached hydrogen (secondary N) is 1. The monoisotopic (exact) mass is 397 g/mol. The number of amides is 2. The highest BCUT2D eigenvalue weighted by Gasteiger charge is 2.34. The number of nitrogens with zero attached hydrogens (tertiary/aromatic N) is 2. The Morgan fingerprint density at radius 2 is 1.96 bits per heavy atom. The van der Waals surface area contributed by atoms with Gasteiger partial charge in [-0.15, -0.1) is 17.9 Å². The molecule has 6 heteroatoms. The fraction of sp³-hybridized carbons (Fsp3) is 0.409. The van der Waals surface area contributed by atoms with Crippen molar-refractivity contribution < 1.29 is 9.59 Å². The zero-order chi connectivity index (χ0) is 20.1. The van der Waals surface area contributed by atoms with Crippen LogP contribution >= 0.6 is 11.3 Å². The van der Waals surface area contributed by atoms with Gasteiger partial charge in [0.2, 0.25) is 5.91 Å². The van der Waals surface area contributed by atoms with Crippen molar-refractivity contribution >= 4 is 23.2 Å². The molecule has 1 aliphatic rings. The Labute approximate surface area is 170 Å². The summed E-state index contributed by atoms with van der Waals surface area (Å²) >= 11 is 1.37. The molecular weight excluding hydrogens is 370 g/mol. The van der Waals surface area contributed by atoms with Crippen molar-refractivity contribution in [2.45, 2.75) is 51.6 Å². The largest absolute Gasteiger partial charge is 0.351 e. The highest BCUT2D eigenvalue weighted by atomic mass is 32.1. The molecule has 0 saturated heterocycles. The second kappa shape index (κ2) is 9.15. The zero-order valence-corrected chi connectivity index (χ0v) is 17.3. The minimum atomic E-state index is -0.700. The van der Waals surface area contributed by atoms with Gasteiger partial charge < -0.3 is 10.2 Å². The Kier molecular flexibility index (Phi) is 6.62. The van der Waals surface area contributed by atoms with Crippen LogP contribution in [-0.4, -0.2) is 34.3 Å². The van der Waals surface area contributed by atoms with E-state index in [1.807, 2.05) is 44.2 Å². The lowest BCUT2D eigenvalue weighted by molar-refractivity contribution is -0.126. The summed E-state index contributed by atoms with van der Waals surface area (Å²) < 4.78 is 0. The van der Waals surface area contributed by atoms with Crippen LogP contribution in [0.15, 0.2) is 43.0 Å². The zero-order valence-electron chi connectivity index (χ0n) is 16.5. The van der Waals surface area contributed by atoms with Crippen LogP contribution in [0.2, 0.25) is 0 Å². The number of carbonyl (C=O) groups excluding carboxylic acids is 2. The minimum absolute atomic E-state index is 0.132. The van der Waals surface area contributed by atoms with Crippen molar-refractivity contribution in [3.05, 3.63) is 64.1 Å². The van der Waals surface area contributed by atoms with Crippen LogP contribution in [0.5, 0.6) is 0 Å². The fourth-order valence-electron chi connectivity index (χ4n) is 3.76. The molecule has 1 saturated carbocycles. The van der Waals surface area contributed by atoms with E-state index in [0.717, 1.165) is 36.3 Å². The number of carbonyl (C=O) groups is 2. The van der Waals surface area contributed by atoms with Crippen molar-refractivity contribution in [3.8, 4) is 0 Å². The average molecular weight is 398 g/mol. The van der Waals surface area contributed by atoms with Gasteiger partial charge in [0.15, 0.2) is 0 Å². The smallest absolute Gasteiger partial charge is 0.267 e. The van der Waals surface area contributed by atoms with Gasteiger partial charge in [-0.05, 0) is 32.3 Å². The van der Waals surface area contributed by atoms with Gasteiger partial charge in [0.25, 0.3) is 5.91 Å². The highest BCUT2D eigenvalue weighted by Crippen LogP contribution is 2.28. The van der Waals surface area contributed by atoms with E-state index in [-0.39, 0.29) is 24.4 Å². The van der Waals surface area contributed by atoms with E-state index in [9.17, 15) is 9.59 Å². The molecule has 1 heterocycles. The Balaban J connectivity index is 1.96. The number of thiazole rings is 1. The van der Waals surface area contributed by atoms with Crippen LogP contribution in [-0.2, 0) is 4.79 Å². The van der Waals surface area contributed by atoms with Gasteiger partial charge in [-0.1, -0.05) is 49.2 Å². The van der Waals surface area contributed by atoms with Crippen LogP contribution in [0.1, 0.15) is 57.7 Å². The molecule has 1 N–H and O–H groups in total. The quantitative estimate of drug-likeness (QED) is 0.713. The van der Waals surface area contributed by atoms with E-state index >= 15 is 0 Å². The summed E-state index contributed by atoms with van der Waals surface area (Å²) in [6.45, 7) is 7.80. The summed E-state index contributed by atoms with van der Waals surface area (Å²) in [5, 5.41) is 4.00. The first kappa shape index (κ1) is 20.3. The molecule has 148 valence electrons. The first-order chi connectivity index (χ1) is 13.5. The number of aryl methyl sites for hydroxylation is 2. The third kappa shape index (κ3) is 4.50. The summed E-state index contributed by atoms with van der Waals surface area (Å²) in [5.41, 5.74) is 1.50. The number of hydrogen-bond donors (Lipinski definition) is 1. The molecule has 0 radical (unpaired) electrons. The van der Waals surface area contributed by atoms with Gasteiger partial charge in [-0.25, -0.2) is 4.98 Å². The third-order valence-electron chi connectivity index (χ3n) is 5.06. The Bertz CT molecular complexity index is 841. The summed E-state index contributed by atoms with van der Waals surface area (Å²) in [7, 11) is 0. The molecule has 0 bridgehead atoms. The maximum Gasteiger partial charge on any atom is 0.267 e. The second-order valence-corrected chi connectivity index (χ2v) is 8.40. The van der Waals surface area contributed by atoms with Crippen LogP contribution < -0.4 is 5.32 Å². The van der Waals surface area contributed by atoms with E-state index in [2.05, 4.69) is 16.9 Å². The van der Waals surface area contributed by atoms with Gasteiger partial charge in [0.05, 0.1) is 10.7 Å². The fourth-order valence-corrected chi connectivity index (χ4v) is 4.64. The molecule has 2 aromatic rings. The molecule has 2 amide bonds. The summed E-state index contributed by atoms with van der Waals surface area (Å²) in [6, 6.07) is 8.97. The van der Waals surface area contributed by atoms with Gasteiger partial charge >= 0.3 is 0 Å². The molecule has 3 rings (SSSR count). The number of hydrogen-bond acceptors (Lipinski definition) is 4. The average Bonchev–Trinajstić information content (AvgIpc) is 3.30. The van der Waals surface area contributed by atoms with Crippen LogP contribution in [0.3, 0.4) is 0 Å². The normalized spacial score (nSPS) is 15.2. The van der Waals surface area contributed by atoms with Crippen molar-refractivity contribution in [2.24, 2.45) is 0 Å². The molecule has 1 unspecified atom stereocenters. The molecular formula is C22H27N3O2S. The first-order valence-electron chi connectivity index (χ1n) is 9.72. The lowest BCUT2D eigenvalue weighted by Crippen LogP contribution is -2.46. The Hall–Kier alpha value is -2.47. The Morgan fingerprint density at radius 1 is 1.29 bits per heavy atom. The van der Waals surface area contributed by atoms with Crippen molar-refractivity contribution in [1.82, 2.24) is 15.2 Å². The van der Waals surface area contributed by atoms with E-state index in [4.69, 9.17) is 0 Å². The topological polar surface area (TPSA) is 62.3 Å². The molecule has 0 aliphatic heterocycles. The SMILES string of the molecule is C=CCN(C(=O)c1sc(C)nc1C)C(C(=O)NC1CCCC1)c1ccccc1. The lowest BCUT2D eigenvalue weighted by atomic mass is 10.0. The first-order valence-corrected chi connectivity index (χ1v) is 10.5. The molecule has 5 nitrogen and oxygen atoms in total. The molecule has 1 aromatic heterocycles. The van der Waals surface area contributed by atoms with Gasteiger partial charge in [0, 0.05) is 12.6 Å². The molecule has 1 aromatic carbocycles. The summed E-state index contributed by atoms with van der Waals surface area (Å²) in [4.78, 5) is 33.2. The molecule has 1 atom stereocenters. The minimum Gasteiger partial charge on any atom is -0.351 e. The maximum atomic E-state index is 13.4. The van der Waals surface area contributed by atoms with E-state index in [1.54, 1.807) is 11.0 Å². The Morgan fingerprint density at radius 3 is 2.54 bits per heavy atom. The van der Waals surface area contributed by atoms with E-state index < -0.39 is 6.04 Å². The van der Waals surface area contributed by atoms with Gasteiger partial charge in [-0.3, -0.25) is 9.59 Å². The molecule has 0 spiro atoms. The van der Waals surface area contributed by atoms with Crippen LogP contribution in [0.25, 0.3) is 0 Å². The van der Waals surface area contributed by atoms with Crippen LogP contribution in [0.4, 0.5) is 0 Å². The number of rotatable bonds is 7. The van der Waals surface area contributed by atoms with Crippen molar-refractivity contribution in [3.63, 3.8) is 0 Å². The van der Waals surface area contributed by atoms with E-state index in [1.165, 1.54) is 11.3 Å². The summed E-state index contributed by atoms with van der Waals surface area (Å²) in [5.74, 6) is -0.314. The summed E-state index contributed by atoms with van der Waals surface area (Å²) in [6.07, 6.45) is 5.93. The number of benzene rings is 1. The molecule has 28 heavy (non-hydrogen) atoms. The van der Waals surface area contributed by atoms with Gasteiger partial charge in [-0.2, -0.15) is 0 Å². The maximum absolute atomic E-state index is 13.4. The predicted molar refractivity (Wildman–Crippen MR) is 112 cm³/mol. The van der Waals surface area contributed by atoms with E-state index in [0.29, 0.717) is 10.6 Å². The third-order valence-corrected chi connectivity index (χ3v) is 6.12. The molecule has 1 fully saturated rings. The van der Waals surface area contributed by atoms with Crippen LogP contribution in [0, 0.1) is 13.8 Å². The standard InChI is InChI=1S/C22H27N3O2S/c1-4-14-25(22(27)20-15(2)23-16(3)28-20)19(17-10-6-5-7-11-17)21(26)24-18-12-8-9-13-18/h4-7,10-11,18-19H,1,8-9,12-14H2,2-3H3,(H,24,26). The predicted octanol–water partition coefficient (Wildman–Crippen LogP) is 4.19. The lowest BCUT2D eigenvalue weighted by Gasteiger charge is -2.31. The van der Waals surface area contributed by atoms with Crippen molar-refractivity contribution in [1.29, 1.82) is 0 Å². The van der Waals surface area contributed by atoms with Gasteiger partial charge in [0.1, 0.15) is 10.9 Å². The molecule has 1 aliphatic carbocycles. The number of aromatic nitrogens is 1. The van der Waals surface area contributed by atoms with Crippen molar-refractivity contribution in [2.75, 3.05) is 6.54 Å². The second-order valence-electron chi connectivity index (χ2n) is 7.20. The highest BCUT2D eigenvalue weighted by molar-refractivity contribution is 7.13.